The summed E-state index contributed by atoms with van der Waals surface area (Å²) < 4.78 is 15.1. The van der Waals surface area contributed by atoms with Gasteiger partial charge in [-0.3, -0.25) is 4.98 Å². The van der Waals surface area contributed by atoms with Gasteiger partial charge in [0.05, 0.1) is 17.7 Å². The van der Waals surface area contributed by atoms with Crippen molar-refractivity contribution in [3.8, 4) is 22.5 Å². The summed E-state index contributed by atoms with van der Waals surface area (Å²) in [4.78, 5) is 8.53. The predicted octanol–water partition coefficient (Wildman–Crippen LogP) is 4.24. The molecule has 0 atom stereocenters. The van der Waals surface area contributed by atoms with Gasteiger partial charge in [-0.05, 0) is 43.3 Å². The highest BCUT2D eigenvalue weighted by atomic mass is 19.1. The van der Waals surface area contributed by atoms with Gasteiger partial charge in [0.25, 0.3) is 0 Å². The second-order valence-corrected chi connectivity index (χ2v) is 4.57. The molecule has 0 bridgehead atoms. The van der Waals surface area contributed by atoms with Gasteiger partial charge in [0.1, 0.15) is 5.82 Å². The van der Waals surface area contributed by atoms with Crippen LogP contribution < -0.4 is 0 Å². The normalized spacial score (nSPS) is 11.1. The van der Waals surface area contributed by atoms with Crippen LogP contribution in [0.4, 0.5) is 4.39 Å². The van der Waals surface area contributed by atoms with Crippen LogP contribution in [-0.2, 0) is 0 Å². The van der Waals surface area contributed by atoms with Gasteiger partial charge >= 0.3 is 0 Å². The van der Waals surface area contributed by atoms with Crippen LogP contribution in [0.25, 0.3) is 28.7 Å². The molecular formula is C17H14FN3. The molecule has 1 aromatic carbocycles. The number of imidazole rings is 1. The first kappa shape index (κ1) is 13.2. The van der Waals surface area contributed by atoms with Crippen LogP contribution in [0.3, 0.4) is 0 Å². The maximum Gasteiger partial charge on any atom is 0.123 e. The van der Waals surface area contributed by atoms with Crippen LogP contribution in [0, 0.1) is 5.82 Å². The fourth-order valence-corrected chi connectivity index (χ4v) is 2.25. The molecule has 0 fully saturated rings. The second-order valence-electron chi connectivity index (χ2n) is 4.57. The van der Waals surface area contributed by atoms with E-state index in [4.69, 9.17) is 0 Å². The fraction of sp³-hybridized carbons (Fsp3) is 0.0588. The molecule has 0 saturated heterocycles. The molecule has 104 valence electrons. The van der Waals surface area contributed by atoms with E-state index in [9.17, 15) is 4.39 Å². The SMILES string of the molecule is CC=Cn1cnc(-c2ccc(F)cc2)c1-c1ccncc1. The molecule has 0 N–H and O–H groups in total. The van der Waals surface area contributed by atoms with E-state index in [2.05, 4.69) is 9.97 Å². The maximum atomic E-state index is 13.1. The first-order chi connectivity index (χ1) is 10.3. The number of halogens is 1. The van der Waals surface area contributed by atoms with Crippen molar-refractivity contribution >= 4 is 6.20 Å². The third-order valence-corrected chi connectivity index (χ3v) is 3.17. The molecule has 2 heterocycles. The van der Waals surface area contributed by atoms with E-state index in [-0.39, 0.29) is 5.82 Å². The molecular weight excluding hydrogens is 265 g/mol. The van der Waals surface area contributed by atoms with E-state index in [0.717, 1.165) is 22.5 Å². The summed E-state index contributed by atoms with van der Waals surface area (Å²) in [7, 11) is 0. The molecule has 2 aromatic heterocycles. The molecule has 0 amide bonds. The summed E-state index contributed by atoms with van der Waals surface area (Å²) in [5, 5.41) is 0. The molecule has 0 spiro atoms. The molecule has 3 nitrogen and oxygen atoms in total. The largest absolute Gasteiger partial charge is 0.305 e. The van der Waals surface area contributed by atoms with Crippen LogP contribution in [0.5, 0.6) is 0 Å². The van der Waals surface area contributed by atoms with Crippen molar-refractivity contribution in [2.75, 3.05) is 0 Å². The lowest BCUT2D eigenvalue weighted by Gasteiger charge is -2.07. The van der Waals surface area contributed by atoms with E-state index in [1.165, 1.54) is 12.1 Å². The summed E-state index contributed by atoms with van der Waals surface area (Å²) in [6, 6.07) is 10.2. The van der Waals surface area contributed by atoms with Crippen molar-refractivity contribution in [1.29, 1.82) is 0 Å². The summed E-state index contributed by atoms with van der Waals surface area (Å²) in [5.74, 6) is -0.253. The molecule has 3 aromatic rings. The molecule has 0 saturated carbocycles. The minimum atomic E-state index is -0.253. The van der Waals surface area contributed by atoms with Crippen LogP contribution in [0.15, 0.2) is 61.2 Å². The Hall–Kier alpha value is -2.75. The minimum Gasteiger partial charge on any atom is -0.305 e. The van der Waals surface area contributed by atoms with Gasteiger partial charge in [-0.15, -0.1) is 0 Å². The van der Waals surface area contributed by atoms with Crippen LogP contribution >= 0.6 is 0 Å². The third-order valence-electron chi connectivity index (χ3n) is 3.17. The van der Waals surface area contributed by atoms with E-state index in [0.29, 0.717) is 0 Å². The Kier molecular flexibility index (Phi) is 3.60. The lowest BCUT2D eigenvalue weighted by Crippen LogP contribution is -1.91. The number of rotatable bonds is 3. The van der Waals surface area contributed by atoms with Gasteiger partial charge in [-0.2, -0.15) is 0 Å². The summed E-state index contributed by atoms with van der Waals surface area (Å²) in [5.41, 5.74) is 3.67. The van der Waals surface area contributed by atoms with Gasteiger partial charge in [0.15, 0.2) is 0 Å². The number of aromatic nitrogens is 3. The lowest BCUT2D eigenvalue weighted by atomic mass is 10.1. The fourth-order valence-electron chi connectivity index (χ4n) is 2.25. The molecule has 0 aliphatic rings. The number of allylic oxidation sites excluding steroid dienone is 1. The molecule has 4 heteroatoms. The Morgan fingerprint density at radius 3 is 2.38 bits per heavy atom. The van der Waals surface area contributed by atoms with Crippen molar-refractivity contribution in [2.45, 2.75) is 6.92 Å². The maximum absolute atomic E-state index is 13.1. The summed E-state index contributed by atoms with van der Waals surface area (Å²) in [6.45, 7) is 1.95. The van der Waals surface area contributed by atoms with E-state index < -0.39 is 0 Å². The number of hydrogen-bond donors (Lipinski definition) is 0. The number of nitrogens with zero attached hydrogens (tertiary/aromatic N) is 3. The quantitative estimate of drug-likeness (QED) is 0.718. The number of benzene rings is 1. The standard InChI is InChI=1S/C17H14FN3/c1-2-11-21-12-20-16(13-3-5-15(18)6-4-13)17(21)14-7-9-19-10-8-14/h2-12H,1H3. The highest BCUT2D eigenvalue weighted by Gasteiger charge is 2.13. The summed E-state index contributed by atoms with van der Waals surface area (Å²) in [6.07, 6.45) is 9.14. The van der Waals surface area contributed by atoms with Crippen molar-refractivity contribution in [1.82, 2.24) is 14.5 Å². The highest BCUT2D eigenvalue weighted by Crippen LogP contribution is 2.31. The number of pyridine rings is 1. The monoisotopic (exact) mass is 279 g/mol. The van der Waals surface area contributed by atoms with Crippen molar-refractivity contribution < 1.29 is 4.39 Å². The van der Waals surface area contributed by atoms with Gasteiger partial charge in [0, 0.05) is 29.7 Å². The van der Waals surface area contributed by atoms with Gasteiger partial charge in [0.2, 0.25) is 0 Å². The molecule has 0 radical (unpaired) electrons. The Balaban J connectivity index is 2.20. The minimum absolute atomic E-state index is 0.253. The zero-order valence-corrected chi connectivity index (χ0v) is 11.6. The summed E-state index contributed by atoms with van der Waals surface area (Å²) >= 11 is 0. The van der Waals surface area contributed by atoms with Crippen molar-refractivity contribution in [3.05, 3.63) is 67.0 Å². The molecule has 21 heavy (non-hydrogen) atoms. The molecule has 0 aliphatic carbocycles. The van der Waals surface area contributed by atoms with E-state index in [1.54, 1.807) is 30.9 Å². The smallest absolute Gasteiger partial charge is 0.123 e. The molecule has 0 aliphatic heterocycles. The van der Waals surface area contributed by atoms with Gasteiger partial charge in [-0.1, -0.05) is 6.08 Å². The average molecular weight is 279 g/mol. The first-order valence-corrected chi connectivity index (χ1v) is 6.65. The zero-order chi connectivity index (χ0) is 14.7. The Morgan fingerprint density at radius 2 is 1.71 bits per heavy atom. The molecule has 3 rings (SSSR count). The predicted molar refractivity (Wildman–Crippen MR) is 81.9 cm³/mol. The Labute approximate surface area is 122 Å². The van der Waals surface area contributed by atoms with Crippen LogP contribution in [0.2, 0.25) is 0 Å². The van der Waals surface area contributed by atoms with Gasteiger partial charge < -0.3 is 4.57 Å². The topological polar surface area (TPSA) is 30.7 Å². The zero-order valence-electron chi connectivity index (χ0n) is 11.6. The van der Waals surface area contributed by atoms with Crippen molar-refractivity contribution in [2.24, 2.45) is 0 Å². The van der Waals surface area contributed by atoms with Gasteiger partial charge in [-0.25, -0.2) is 9.37 Å². The highest BCUT2D eigenvalue weighted by molar-refractivity contribution is 5.79. The Bertz CT molecular complexity index is 758. The van der Waals surface area contributed by atoms with E-state index in [1.807, 2.05) is 35.9 Å². The molecule has 0 unspecified atom stereocenters. The Morgan fingerprint density at radius 1 is 1.00 bits per heavy atom. The van der Waals surface area contributed by atoms with Crippen LogP contribution in [0.1, 0.15) is 6.92 Å². The van der Waals surface area contributed by atoms with E-state index >= 15 is 0 Å². The lowest BCUT2D eigenvalue weighted by molar-refractivity contribution is 0.628. The average Bonchev–Trinajstić information content (AvgIpc) is 2.93. The third kappa shape index (κ3) is 2.60. The first-order valence-electron chi connectivity index (χ1n) is 6.65. The second kappa shape index (κ2) is 5.71. The number of hydrogen-bond acceptors (Lipinski definition) is 2. The van der Waals surface area contributed by atoms with Crippen molar-refractivity contribution in [3.63, 3.8) is 0 Å². The van der Waals surface area contributed by atoms with Crippen LogP contribution in [-0.4, -0.2) is 14.5 Å².